The standard InChI is InChI=1S/C24H29F3N4O3S/c1-15-11-17(14-23(2,3)13-15)31-21-10-9-19(35(32,33)28-4)12-20(21)30-22(31)29-16-5-7-18(8-6-16)34-24(25,26)27/h5-10,12,15,17,28H,11,13-14H2,1-4H3,(H,29,30)/t15-,17?/m0/s1. The first-order chi connectivity index (χ1) is 16.3. The van der Waals surface area contributed by atoms with Gasteiger partial charge in [-0.25, -0.2) is 18.1 Å². The number of hydrogen-bond acceptors (Lipinski definition) is 5. The summed E-state index contributed by atoms with van der Waals surface area (Å²) in [7, 11) is -2.30. The molecule has 1 unspecified atom stereocenters. The number of nitrogens with one attached hydrogen (secondary N) is 2. The molecule has 0 spiro atoms. The Morgan fingerprint density at radius 1 is 1.11 bits per heavy atom. The summed E-state index contributed by atoms with van der Waals surface area (Å²) in [5.74, 6) is 0.663. The Morgan fingerprint density at radius 2 is 1.80 bits per heavy atom. The monoisotopic (exact) mass is 510 g/mol. The molecule has 1 heterocycles. The van der Waals surface area contributed by atoms with Gasteiger partial charge in [-0.3, -0.25) is 0 Å². The molecule has 7 nitrogen and oxygen atoms in total. The highest BCUT2D eigenvalue weighted by Crippen LogP contribution is 2.46. The van der Waals surface area contributed by atoms with Crippen LogP contribution in [-0.2, 0) is 10.0 Å². The molecule has 35 heavy (non-hydrogen) atoms. The second kappa shape index (κ2) is 9.02. The van der Waals surface area contributed by atoms with Gasteiger partial charge in [0.15, 0.2) is 0 Å². The van der Waals surface area contributed by atoms with Gasteiger partial charge < -0.3 is 14.6 Å². The normalized spacial score (nSPS) is 20.7. The number of aromatic nitrogens is 2. The number of halogens is 3. The second-order valence-electron chi connectivity index (χ2n) is 9.93. The summed E-state index contributed by atoms with van der Waals surface area (Å²) in [6.07, 6.45) is -1.83. The summed E-state index contributed by atoms with van der Waals surface area (Å²) in [4.78, 5) is 4.80. The Hall–Kier alpha value is -2.79. The highest BCUT2D eigenvalue weighted by molar-refractivity contribution is 7.89. The molecule has 0 bridgehead atoms. The SMILES string of the molecule is CNS(=O)(=O)c1ccc2c(c1)nc(Nc1ccc(OC(F)(F)F)cc1)n2C1C[C@H](C)CC(C)(C)C1. The van der Waals surface area contributed by atoms with Crippen LogP contribution >= 0.6 is 0 Å². The van der Waals surface area contributed by atoms with Crippen molar-refractivity contribution in [2.45, 2.75) is 57.3 Å². The van der Waals surface area contributed by atoms with Crippen molar-refractivity contribution in [3.05, 3.63) is 42.5 Å². The minimum absolute atomic E-state index is 0.106. The lowest BCUT2D eigenvalue weighted by atomic mass is 9.70. The van der Waals surface area contributed by atoms with Crippen molar-refractivity contribution in [1.82, 2.24) is 14.3 Å². The maximum absolute atomic E-state index is 12.5. The molecule has 3 aromatic rings. The van der Waals surface area contributed by atoms with E-state index in [4.69, 9.17) is 4.98 Å². The summed E-state index contributed by atoms with van der Waals surface area (Å²) in [6, 6.07) is 10.4. The molecule has 190 valence electrons. The molecule has 0 amide bonds. The van der Waals surface area contributed by atoms with E-state index in [0.717, 1.165) is 24.8 Å². The molecule has 0 aliphatic heterocycles. The molecular formula is C24H29F3N4O3S. The van der Waals surface area contributed by atoms with Gasteiger partial charge in [-0.2, -0.15) is 0 Å². The lowest BCUT2D eigenvalue weighted by Gasteiger charge is -2.40. The topological polar surface area (TPSA) is 85.2 Å². The van der Waals surface area contributed by atoms with Crippen LogP contribution in [-0.4, -0.2) is 31.4 Å². The summed E-state index contributed by atoms with van der Waals surface area (Å²) >= 11 is 0. The molecule has 1 aromatic heterocycles. The van der Waals surface area contributed by atoms with Crippen molar-refractivity contribution in [3.8, 4) is 5.75 Å². The van der Waals surface area contributed by atoms with Gasteiger partial charge in [-0.1, -0.05) is 20.8 Å². The smallest absolute Gasteiger partial charge is 0.406 e. The van der Waals surface area contributed by atoms with Gasteiger partial charge in [0.1, 0.15) is 5.75 Å². The van der Waals surface area contributed by atoms with E-state index in [0.29, 0.717) is 23.1 Å². The molecule has 1 fully saturated rings. The minimum Gasteiger partial charge on any atom is -0.406 e. The predicted octanol–water partition coefficient (Wildman–Crippen LogP) is 5.97. The quantitative estimate of drug-likeness (QED) is 0.427. The first-order valence-corrected chi connectivity index (χ1v) is 12.8. The van der Waals surface area contributed by atoms with Gasteiger partial charge in [0.2, 0.25) is 16.0 Å². The second-order valence-corrected chi connectivity index (χ2v) is 11.8. The Balaban J connectivity index is 1.76. The zero-order valence-corrected chi connectivity index (χ0v) is 20.8. The van der Waals surface area contributed by atoms with Crippen molar-refractivity contribution in [1.29, 1.82) is 0 Å². The summed E-state index contributed by atoms with van der Waals surface area (Å²) in [5.41, 5.74) is 1.94. The minimum atomic E-state index is -4.77. The number of imidazole rings is 1. The van der Waals surface area contributed by atoms with Gasteiger partial charge >= 0.3 is 6.36 Å². The maximum Gasteiger partial charge on any atom is 0.573 e. The molecule has 0 radical (unpaired) electrons. The number of hydrogen-bond donors (Lipinski definition) is 2. The third kappa shape index (κ3) is 5.72. The molecule has 2 aromatic carbocycles. The number of fused-ring (bicyclic) bond motifs is 1. The summed E-state index contributed by atoms with van der Waals surface area (Å²) < 4.78 is 70.5. The number of ether oxygens (including phenoxy) is 1. The van der Waals surface area contributed by atoms with Gasteiger partial charge in [0, 0.05) is 11.7 Å². The third-order valence-electron chi connectivity index (χ3n) is 6.31. The van der Waals surface area contributed by atoms with Crippen LogP contribution in [0.2, 0.25) is 0 Å². The van der Waals surface area contributed by atoms with Crippen LogP contribution in [0.1, 0.15) is 46.1 Å². The Labute approximate surface area is 202 Å². The van der Waals surface area contributed by atoms with E-state index in [2.05, 4.69) is 40.1 Å². The molecule has 2 atom stereocenters. The number of alkyl halides is 3. The predicted molar refractivity (Wildman–Crippen MR) is 128 cm³/mol. The van der Waals surface area contributed by atoms with Crippen LogP contribution in [0.4, 0.5) is 24.8 Å². The van der Waals surface area contributed by atoms with E-state index < -0.39 is 16.4 Å². The Kier molecular flexibility index (Phi) is 6.52. The molecule has 0 saturated heterocycles. The molecule has 4 rings (SSSR count). The van der Waals surface area contributed by atoms with Gasteiger partial charge in [0.05, 0.1) is 15.9 Å². The van der Waals surface area contributed by atoms with Crippen LogP contribution in [0.3, 0.4) is 0 Å². The first-order valence-electron chi connectivity index (χ1n) is 11.3. The van der Waals surface area contributed by atoms with Gasteiger partial charge in [-0.05, 0) is 80.1 Å². The number of sulfonamides is 1. The molecule has 2 N–H and O–H groups in total. The fourth-order valence-corrected chi connectivity index (χ4v) is 5.93. The molecule has 11 heteroatoms. The van der Waals surface area contributed by atoms with Gasteiger partial charge in [-0.15, -0.1) is 13.2 Å². The van der Waals surface area contributed by atoms with Crippen molar-refractivity contribution in [2.24, 2.45) is 11.3 Å². The molecule has 1 aliphatic carbocycles. The fourth-order valence-electron chi connectivity index (χ4n) is 5.18. The van der Waals surface area contributed by atoms with Crippen molar-refractivity contribution < 1.29 is 26.3 Å². The Bertz CT molecular complexity index is 1320. The number of rotatable bonds is 6. The van der Waals surface area contributed by atoms with E-state index in [1.165, 1.54) is 37.4 Å². The summed E-state index contributed by atoms with van der Waals surface area (Å²) in [6.45, 7) is 6.69. The van der Waals surface area contributed by atoms with Gasteiger partial charge in [0.25, 0.3) is 0 Å². The van der Waals surface area contributed by atoms with Crippen LogP contribution < -0.4 is 14.8 Å². The van der Waals surface area contributed by atoms with Crippen molar-refractivity contribution in [3.63, 3.8) is 0 Å². The van der Waals surface area contributed by atoms with Crippen molar-refractivity contribution in [2.75, 3.05) is 12.4 Å². The average molecular weight is 511 g/mol. The third-order valence-corrected chi connectivity index (χ3v) is 7.72. The number of anilines is 2. The molecule has 1 saturated carbocycles. The lowest BCUT2D eigenvalue weighted by molar-refractivity contribution is -0.274. The maximum atomic E-state index is 12.5. The zero-order valence-electron chi connectivity index (χ0n) is 20.0. The van der Waals surface area contributed by atoms with E-state index in [-0.39, 0.29) is 22.1 Å². The van der Waals surface area contributed by atoms with E-state index in [1.807, 2.05) is 0 Å². The fraction of sp³-hybridized carbons (Fsp3) is 0.458. The van der Waals surface area contributed by atoms with E-state index in [1.54, 1.807) is 12.1 Å². The van der Waals surface area contributed by atoms with Crippen LogP contribution in [0.25, 0.3) is 11.0 Å². The van der Waals surface area contributed by atoms with Crippen molar-refractivity contribution >= 4 is 32.7 Å². The lowest BCUT2D eigenvalue weighted by Crippen LogP contribution is -2.29. The van der Waals surface area contributed by atoms with Crippen LogP contribution in [0, 0.1) is 11.3 Å². The molecular weight excluding hydrogens is 481 g/mol. The first kappa shape index (κ1) is 25.3. The van der Waals surface area contributed by atoms with E-state index >= 15 is 0 Å². The van der Waals surface area contributed by atoms with Crippen LogP contribution in [0.5, 0.6) is 5.75 Å². The number of nitrogens with zero attached hydrogens (tertiary/aromatic N) is 2. The highest BCUT2D eigenvalue weighted by atomic mass is 32.2. The van der Waals surface area contributed by atoms with E-state index in [9.17, 15) is 21.6 Å². The van der Waals surface area contributed by atoms with Crippen LogP contribution in [0.15, 0.2) is 47.4 Å². The Morgan fingerprint density at radius 3 is 2.40 bits per heavy atom. The zero-order chi connectivity index (χ0) is 25.6. The number of benzene rings is 2. The summed E-state index contributed by atoms with van der Waals surface area (Å²) in [5, 5.41) is 3.21. The molecule has 1 aliphatic rings. The average Bonchev–Trinajstić information content (AvgIpc) is 3.09. The largest absolute Gasteiger partial charge is 0.573 e. The highest BCUT2D eigenvalue weighted by Gasteiger charge is 2.35.